The highest BCUT2D eigenvalue weighted by molar-refractivity contribution is 5.98. The van der Waals surface area contributed by atoms with Gasteiger partial charge in [-0.25, -0.2) is 0 Å². The van der Waals surface area contributed by atoms with Crippen molar-refractivity contribution < 1.29 is 24.1 Å². The second kappa shape index (κ2) is 7.59. The van der Waals surface area contributed by atoms with Crippen LogP contribution >= 0.6 is 0 Å². The molecule has 0 aliphatic rings. The third-order valence-corrected chi connectivity index (χ3v) is 3.00. The lowest BCUT2D eigenvalue weighted by Gasteiger charge is -2.17. The number of benzene rings is 1. The van der Waals surface area contributed by atoms with Gasteiger partial charge in [-0.15, -0.1) is 0 Å². The van der Waals surface area contributed by atoms with E-state index >= 15 is 0 Å². The highest BCUT2D eigenvalue weighted by Gasteiger charge is 2.19. The molecule has 1 aromatic rings. The normalized spacial score (nSPS) is 11.7. The topological polar surface area (TPSA) is 77.0 Å². The molecule has 1 unspecified atom stereocenters. The fourth-order valence-electron chi connectivity index (χ4n) is 1.75. The summed E-state index contributed by atoms with van der Waals surface area (Å²) >= 11 is 0. The van der Waals surface area contributed by atoms with Crippen LogP contribution in [0.1, 0.15) is 23.7 Å². The first-order valence-electron chi connectivity index (χ1n) is 6.32. The number of carbonyl (C=O) groups is 1. The number of methoxy groups -OCH3 is 3. The van der Waals surface area contributed by atoms with Crippen LogP contribution in [0, 0.1) is 0 Å². The molecule has 0 bridgehead atoms. The highest BCUT2D eigenvalue weighted by atomic mass is 16.5. The summed E-state index contributed by atoms with van der Waals surface area (Å²) in [7, 11) is 4.48. The molecule has 1 amide bonds. The first kappa shape index (κ1) is 16.1. The summed E-state index contributed by atoms with van der Waals surface area (Å²) < 4.78 is 15.5. The van der Waals surface area contributed by atoms with Crippen LogP contribution in [0.3, 0.4) is 0 Å². The smallest absolute Gasteiger partial charge is 0.255 e. The Labute approximate surface area is 118 Å². The van der Waals surface area contributed by atoms with Gasteiger partial charge in [-0.3, -0.25) is 4.79 Å². The van der Waals surface area contributed by atoms with Crippen molar-refractivity contribution in [2.45, 2.75) is 19.4 Å². The van der Waals surface area contributed by atoms with E-state index in [2.05, 4.69) is 5.32 Å². The molecule has 1 rings (SSSR count). The summed E-state index contributed by atoms with van der Waals surface area (Å²) in [6.45, 7) is 1.77. The highest BCUT2D eigenvalue weighted by Crippen LogP contribution is 2.34. The molecule has 0 aromatic heterocycles. The average Bonchev–Trinajstić information content (AvgIpc) is 2.50. The van der Waals surface area contributed by atoms with E-state index in [0.717, 1.165) is 0 Å². The summed E-state index contributed by atoms with van der Waals surface area (Å²) in [4.78, 5) is 12.2. The van der Waals surface area contributed by atoms with Crippen LogP contribution in [0.25, 0.3) is 0 Å². The summed E-state index contributed by atoms with van der Waals surface area (Å²) in [6, 6.07) is 2.85. The van der Waals surface area contributed by atoms with Crippen LogP contribution in [-0.2, 0) is 0 Å². The summed E-state index contributed by atoms with van der Waals surface area (Å²) in [5.74, 6) is 0.974. The van der Waals surface area contributed by atoms with Gasteiger partial charge in [0.1, 0.15) is 5.75 Å². The number of aliphatic hydroxyl groups excluding tert-OH is 1. The molecule has 0 spiro atoms. The Morgan fingerprint density at radius 3 is 2.15 bits per heavy atom. The molecule has 1 aromatic carbocycles. The molecule has 0 saturated carbocycles. The molecule has 0 aliphatic carbocycles. The van der Waals surface area contributed by atoms with Gasteiger partial charge in [0.2, 0.25) is 0 Å². The zero-order valence-corrected chi connectivity index (χ0v) is 12.2. The molecule has 0 heterocycles. The van der Waals surface area contributed by atoms with Crippen LogP contribution in [0.5, 0.6) is 17.2 Å². The zero-order chi connectivity index (χ0) is 15.1. The van der Waals surface area contributed by atoms with Gasteiger partial charge in [0.15, 0.2) is 11.5 Å². The molecular weight excluding hydrogens is 262 g/mol. The lowest BCUT2D eigenvalue weighted by atomic mass is 10.1. The molecule has 0 saturated heterocycles. The lowest BCUT2D eigenvalue weighted by molar-refractivity contribution is 0.0911. The van der Waals surface area contributed by atoms with Gasteiger partial charge in [-0.1, -0.05) is 6.92 Å². The Balaban J connectivity index is 3.12. The summed E-state index contributed by atoms with van der Waals surface area (Å²) in [6.07, 6.45) is 0.637. The summed E-state index contributed by atoms with van der Waals surface area (Å²) in [5, 5.41) is 11.9. The minimum Gasteiger partial charge on any atom is -0.496 e. The van der Waals surface area contributed by atoms with Gasteiger partial charge in [-0.05, 0) is 6.42 Å². The molecule has 0 aliphatic heterocycles. The van der Waals surface area contributed by atoms with Gasteiger partial charge >= 0.3 is 0 Å². The van der Waals surface area contributed by atoms with E-state index in [-0.39, 0.29) is 18.6 Å². The molecular formula is C14H21NO5. The Hall–Kier alpha value is -1.95. The van der Waals surface area contributed by atoms with Crippen molar-refractivity contribution in [2.24, 2.45) is 0 Å². The second-order valence-electron chi connectivity index (χ2n) is 4.17. The van der Waals surface area contributed by atoms with E-state index in [1.807, 2.05) is 6.92 Å². The number of carbonyl (C=O) groups excluding carboxylic acids is 1. The molecule has 20 heavy (non-hydrogen) atoms. The molecule has 0 fully saturated rings. The predicted octanol–water partition coefficient (Wildman–Crippen LogP) is 1.21. The van der Waals surface area contributed by atoms with E-state index in [1.54, 1.807) is 12.1 Å². The van der Waals surface area contributed by atoms with Gasteiger partial charge in [0.05, 0.1) is 39.5 Å². The second-order valence-corrected chi connectivity index (χ2v) is 4.17. The summed E-state index contributed by atoms with van der Waals surface area (Å²) in [5.41, 5.74) is 0.331. The molecule has 0 radical (unpaired) electrons. The molecule has 1 atom stereocenters. The van der Waals surface area contributed by atoms with Gasteiger partial charge in [-0.2, -0.15) is 0 Å². The molecule has 6 nitrogen and oxygen atoms in total. The first-order valence-corrected chi connectivity index (χ1v) is 6.32. The fraction of sp³-hybridized carbons (Fsp3) is 0.500. The standard InChI is InChI=1S/C14H21NO5/c1-5-9(8-16)15-14(17)10-6-12(19-3)13(20-4)7-11(10)18-2/h6-7,9,16H,5,8H2,1-4H3,(H,15,17). The molecule has 2 N–H and O–H groups in total. The van der Waals surface area contributed by atoms with Gasteiger partial charge < -0.3 is 24.6 Å². The number of amides is 1. The van der Waals surface area contributed by atoms with Gasteiger partial charge in [0, 0.05) is 12.1 Å². The Kier molecular flexibility index (Phi) is 6.11. The van der Waals surface area contributed by atoms with Crippen molar-refractivity contribution in [1.82, 2.24) is 5.32 Å². The Bertz CT molecular complexity index is 457. The van der Waals surface area contributed by atoms with Crippen molar-refractivity contribution in [3.8, 4) is 17.2 Å². The minimum atomic E-state index is -0.330. The van der Waals surface area contributed by atoms with E-state index < -0.39 is 0 Å². The minimum absolute atomic E-state index is 0.113. The predicted molar refractivity (Wildman–Crippen MR) is 74.7 cm³/mol. The number of rotatable bonds is 7. The Morgan fingerprint density at radius 2 is 1.70 bits per heavy atom. The van der Waals surface area contributed by atoms with E-state index in [4.69, 9.17) is 19.3 Å². The number of hydrogen-bond acceptors (Lipinski definition) is 5. The van der Waals surface area contributed by atoms with E-state index in [9.17, 15) is 4.79 Å². The Morgan fingerprint density at radius 1 is 1.15 bits per heavy atom. The maximum absolute atomic E-state index is 12.2. The van der Waals surface area contributed by atoms with Crippen LogP contribution < -0.4 is 19.5 Å². The quantitative estimate of drug-likeness (QED) is 0.786. The van der Waals surface area contributed by atoms with E-state index in [0.29, 0.717) is 29.2 Å². The number of ether oxygens (including phenoxy) is 3. The van der Waals surface area contributed by atoms with Crippen LogP contribution in [-0.4, -0.2) is 45.0 Å². The maximum Gasteiger partial charge on any atom is 0.255 e. The largest absolute Gasteiger partial charge is 0.496 e. The maximum atomic E-state index is 12.2. The first-order chi connectivity index (χ1) is 9.60. The fourth-order valence-corrected chi connectivity index (χ4v) is 1.75. The number of nitrogens with one attached hydrogen (secondary N) is 1. The SMILES string of the molecule is CCC(CO)NC(=O)c1cc(OC)c(OC)cc1OC. The van der Waals surface area contributed by atoms with Gasteiger partial charge in [0.25, 0.3) is 5.91 Å². The van der Waals surface area contributed by atoms with Crippen molar-refractivity contribution in [3.05, 3.63) is 17.7 Å². The molecule has 6 heteroatoms. The average molecular weight is 283 g/mol. The van der Waals surface area contributed by atoms with Crippen LogP contribution in [0.2, 0.25) is 0 Å². The third kappa shape index (κ3) is 3.54. The monoisotopic (exact) mass is 283 g/mol. The van der Waals surface area contributed by atoms with Crippen molar-refractivity contribution >= 4 is 5.91 Å². The number of aliphatic hydroxyl groups is 1. The third-order valence-electron chi connectivity index (χ3n) is 3.00. The van der Waals surface area contributed by atoms with Crippen LogP contribution in [0.4, 0.5) is 0 Å². The molecule has 112 valence electrons. The number of hydrogen-bond donors (Lipinski definition) is 2. The van der Waals surface area contributed by atoms with Crippen molar-refractivity contribution in [2.75, 3.05) is 27.9 Å². The van der Waals surface area contributed by atoms with Crippen molar-refractivity contribution in [3.63, 3.8) is 0 Å². The van der Waals surface area contributed by atoms with E-state index in [1.165, 1.54) is 21.3 Å². The zero-order valence-electron chi connectivity index (χ0n) is 12.2. The lowest BCUT2D eigenvalue weighted by Crippen LogP contribution is -2.37. The van der Waals surface area contributed by atoms with Crippen LogP contribution in [0.15, 0.2) is 12.1 Å². The van der Waals surface area contributed by atoms with Crippen molar-refractivity contribution in [1.29, 1.82) is 0 Å².